The smallest absolute Gasteiger partial charge is 0.252 e. The number of fused-ring (bicyclic) bond motifs is 1. The van der Waals surface area contributed by atoms with Crippen molar-refractivity contribution in [2.24, 2.45) is 11.3 Å². The number of anilines is 1. The van der Waals surface area contributed by atoms with Crippen molar-refractivity contribution in [1.29, 1.82) is 0 Å². The van der Waals surface area contributed by atoms with E-state index in [1.165, 1.54) is 9.80 Å². The number of hydrogen-bond donors (Lipinski definition) is 2. The number of likely N-dealkylation sites (tertiary alicyclic amines) is 2. The second-order valence-electron chi connectivity index (χ2n) is 11.9. The maximum Gasteiger partial charge on any atom is 0.252 e. The minimum Gasteiger partial charge on any atom is -0.383 e. The molecule has 1 aromatic rings. The first-order valence-corrected chi connectivity index (χ1v) is 13.8. The van der Waals surface area contributed by atoms with Gasteiger partial charge in [-0.1, -0.05) is 34.6 Å². The normalized spacial score (nSPS) is 20.9. The lowest BCUT2D eigenvalue weighted by Crippen LogP contribution is -2.53. The molecule has 9 heteroatoms. The topological polar surface area (TPSA) is 110 Å². The van der Waals surface area contributed by atoms with E-state index in [4.69, 9.17) is 0 Å². The van der Waals surface area contributed by atoms with Gasteiger partial charge in [0, 0.05) is 30.9 Å². The summed E-state index contributed by atoms with van der Waals surface area (Å²) in [6, 6.07) is 5.33. The number of rotatable bonds is 9. The van der Waals surface area contributed by atoms with Crippen LogP contribution in [0.1, 0.15) is 71.7 Å². The number of nitrogens with zero attached hydrogens (tertiary/aromatic N) is 3. The van der Waals surface area contributed by atoms with Crippen molar-refractivity contribution in [2.75, 3.05) is 31.1 Å². The highest BCUT2D eigenvalue weighted by Gasteiger charge is 2.53. The van der Waals surface area contributed by atoms with Crippen LogP contribution in [0.5, 0.6) is 0 Å². The van der Waals surface area contributed by atoms with Crippen LogP contribution in [0.3, 0.4) is 0 Å². The molecule has 0 aliphatic carbocycles. The Morgan fingerprint density at radius 2 is 1.66 bits per heavy atom. The number of ketones is 1. The highest BCUT2D eigenvalue weighted by atomic mass is 16.3. The Morgan fingerprint density at radius 3 is 2.18 bits per heavy atom. The van der Waals surface area contributed by atoms with E-state index in [2.05, 4.69) is 24.1 Å². The Morgan fingerprint density at radius 1 is 1.05 bits per heavy atom. The largest absolute Gasteiger partial charge is 0.383 e. The number of benzene rings is 1. The van der Waals surface area contributed by atoms with Gasteiger partial charge >= 0.3 is 0 Å². The van der Waals surface area contributed by atoms with E-state index in [0.717, 1.165) is 18.8 Å². The Kier molecular flexibility index (Phi) is 9.23. The molecular weight excluding hydrogens is 484 g/mol. The van der Waals surface area contributed by atoms with Crippen molar-refractivity contribution >= 4 is 29.2 Å². The molecule has 4 atom stereocenters. The van der Waals surface area contributed by atoms with Gasteiger partial charge in [0.25, 0.3) is 11.8 Å². The first kappa shape index (κ1) is 29.6. The van der Waals surface area contributed by atoms with Crippen molar-refractivity contribution in [1.82, 2.24) is 15.1 Å². The first-order valence-electron chi connectivity index (χ1n) is 13.8. The summed E-state index contributed by atoms with van der Waals surface area (Å²) in [6.07, 6.45) is -0.352. The van der Waals surface area contributed by atoms with Crippen LogP contribution >= 0.6 is 0 Å². The van der Waals surface area contributed by atoms with Gasteiger partial charge in [0.15, 0.2) is 5.78 Å². The summed E-state index contributed by atoms with van der Waals surface area (Å²) in [4.78, 5) is 58.0. The van der Waals surface area contributed by atoms with Crippen molar-refractivity contribution in [3.8, 4) is 0 Å². The van der Waals surface area contributed by atoms with E-state index >= 15 is 0 Å². The zero-order valence-electron chi connectivity index (χ0n) is 23.9. The minimum atomic E-state index is -1.24. The predicted octanol–water partition coefficient (Wildman–Crippen LogP) is 2.47. The molecule has 2 heterocycles. The van der Waals surface area contributed by atoms with Crippen molar-refractivity contribution in [3.05, 3.63) is 29.8 Å². The number of carbonyl (C=O) groups is 4. The van der Waals surface area contributed by atoms with Gasteiger partial charge < -0.3 is 25.1 Å². The van der Waals surface area contributed by atoms with E-state index in [0.29, 0.717) is 24.9 Å². The summed E-state index contributed by atoms with van der Waals surface area (Å²) >= 11 is 0. The van der Waals surface area contributed by atoms with E-state index < -0.39 is 35.6 Å². The van der Waals surface area contributed by atoms with Gasteiger partial charge in [-0.05, 0) is 62.3 Å². The number of aliphatic hydroxyl groups is 1. The van der Waals surface area contributed by atoms with E-state index in [-0.39, 0.29) is 30.1 Å². The van der Waals surface area contributed by atoms with Crippen molar-refractivity contribution in [2.45, 2.75) is 85.5 Å². The van der Waals surface area contributed by atoms with Crippen LogP contribution in [-0.2, 0) is 14.4 Å². The third-order valence-electron chi connectivity index (χ3n) is 7.61. The Bertz CT molecular complexity index is 1030. The van der Waals surface area contributed by atoms with Crippen LogP contribution in [0.25, 0.3) is 0 Å². The molecule has 210 valence electrons. The average molecular weight is 529 g/mol. The fourth-order valence-electron chi connectivity index (χ4n) is 5.43. The van der Waals surface area contributed by atoms with Crippen LogP contribution in [0, 0.1) is 11.3 Å². The lowest BCUT2D eigenvalue weighted by atomic mass is 9.88. The molecule has 0 aromatic heterocycles. The average Bonchev–Trinajstić information content (AvgIpc) is 3.44. The second kappa shape index (κ2) is 11.8. The van der Waals surface area contributed by atoms with Crippen LogP contribution in [0.15, 0.2) is 24.3 Å². The van der Waals surface area contributed by atoms with Crippen molar-refractivity contribution in [3.63, 3.8) is 0 Å². The summed E-state index contributed by atoms with van der Waals surface area (Å²) < 4.78 is 0. The lowest BCUT2D eigenvalue weighted by molar-refractivity contribution is -0.147. The molecule has 2 saturated heterocycles. The molecule has 1 aromatic carbocycles. The van der Waals surface area contributed by atoms with E-state index in [9.17, 15) is 24.3 Å². The third-order valence-corrected chi connectivity index (χ3v) is 7.61. The molecule has 2 aliphatic heterocycles. The molecule has 0 spiro atoms. The molecule has 0 bridgehead atoms. The van der Waals surface area contributed by atoms with Gasteiger partial charge in [0.05, 0.1) is 12.6 Å². The Hall–Kier alpha value is -2.94. The van der Waals surface area contributed by atoms with Crippen LogP contribution < -0.4 is 10.2 Å². The van der Waals surface area contributed by atoms with Gasteiger partial charge in [-0.2, -0.15) is 0 Å². The van der Waals surface area contributed by atoms with Crippen LogP contribution in [-0.4, -0.2) is 88.8 Å². The van der Waals surface area contributed by atoms with Crippen LogP contribution in [0.4, 0.5) is 5.69 Å². The van der Waals surface area contributed by atoms with Gasteiger partial charge in [0.2, 0.25) is 5.91 Å². The SMILES string of the molecule is CCN(CC)c1ccc(C(=O)NC(CC(C)C)C(=O)N2CCC3C2C(=O)CN3C(=O)C(O)C(C)(C)C)cc1. The fraction of sp³-hybridized carbons (Fsp3) is 0.655. The van der Waals surface area contributed by atoms with Gasteiger partial charge in [0.1, 0.15) is 18.2 Å². The number of aliphatic hydroxyl groups excluding tert-OH is 1. The minimum absolute atomic E-state index is 0.120. The van der Waals surface area contributed by atoms with E-state index in [1.54, 1.807) is 32.9 Å². The highest BCUT2D eigenvalue weighted by Crippen LogP contribution is 2.33. The van der Waals surface area contributed by atoms with E-state index in [1.807, 2.05) is 26.0 Å². The highest BCUT2D eigenvalue weighted by molar-refractivity contribution is 6.01. The fourth-order valence-corrected chi connectivity index (χ4v) is 5.43. The van der Waals surface area contributed by atoms with Gasteiger partial charge in [-0.3, -0.25) is 19.2 Å². The maximum absolute atomic E-state index is 13.7. The van der Waals surface area contributed by atoms with Crippen LogP contribution in [0.2, 0.25) is 0 Å². The number of carbonyl (C=O) groups excluding carboxylic acids is 4. The molecule has 9 nitrogen and oxygen atoms in total. The maximum atomic E-state index is 13.7. The summed E-state index contributed by atoms with van der Waals surface area (Å²) in [5.74, 6) is -1.20. The zero-order chi connectivity index (χ0) is 28.4. The summed E-state index contributed by atoms with van der Waals surface area (Å²) in [5, 5.41) is 13.4. The lowest BCUT2D eigenvalue weighted by Gasteiger charge is -2.31. The number of nitrogens with one attached hydrogen (secondary N) is 1. The molecule has 2 N–H and O–H groups in total. The monoisotopic (exact) mass is 528 g/mol. The first-order chi connectivity index (χ1) is 17.8. The Balaban J connectivity index is 1.76. The summed E-state index contributed by atoms with van der Waals surface area (Å²) in [6.45, 7) is 15.3. The molecule has 3 amide bonds. The number of hydrogen-bond acceptors (Lipinski definition) is 6. The predicted molar refractivity (Wildman–Crippen MR) is 147 cm³/mol. The number of amides is 3. The summed E-state index contributed by atoms with van der Waals surface area (Å²) in [5.41, 5.74) is 0.828. The number of Topliss-reactive ketones (excluding diaryl/α,β-unsaturated/α-hetero) is 1. The molecule has 38 heavy (non-hydrogen) atoms. The summed E-state index contributed by atoms with van der Waals surface area (Å²) in [7, 11) is 0. The zero-order valence-corrected chi connectivity index (χ0v) is 23.9. The molecule has 0 radical (unpaired) electrons. The molecule has 4 unspecified atom stereocenters. The molecule has 2 aliphatic rings. The van der Waals surface area contributed by atoms with Gasteiger partial charge in [-0.25, -0.2) is 0 Å². The second-order valence-corrected chi connectivity index (χ2v) is 11.9. The molecule has 3 rings (SSSR count). The van der Waals surface area contributed by atoms with Gasteiger partial charge in [-0.15, -0.1) is 0 Å². The third kappa shape index (κ3) is 6.20. The Labute approximate surface area is 226 Å². The molecule has 2 fully saturated rings. The van der Waals surface area contributed by atoms with Crippen molar-refractivity contribution < 1.29 is 24.3 Å². The quantitative estimate of drug-likeness (QED) is 0.510. The molecular formula is C29H44N4O5. The molecule has 0 saturated carbocycles. The standard InChI is InChI=1S/C29H44N4O5/c1-8-31(9-2)20-12-10-19(11-13-20)26(36)30-21(16-18(3)4)27(37)32-15-14-22-24(32)23(34)17-33(22)28(38)25(35)29(5,6)7/h10-13,18,21-22,24-25,35H,8-9,14-17H2,1-7H3,(H,30,36).